The summed E-state index contributed by atoms with van der Waals surface area (Å²) in [5.74, 6) is -0.401. The molecule has 0 bridgehead atoms. The van der Waals surface area contributed by atoms with Gasteiger partial charge in [-0.05, 0) is 45.7 Å². The number of amides is 1. The second-order valence-electron chi connectivity index (χ2n) is 5.67. The van der Waals surface area contributed by atoms with Gasteiger partial charge >= 0.3 is 0 Å². The van der Waals surface area contributed by atoms with Crippen LogP contribution in [0.5, 0.6) is 0 Å². The van der Waals surface area contributed by atoms with E-state index in [0.29, 0.717) is 12.8 Å². The summed E-state index contributed by atoms with van der Waals surface area (Å²) in [7, 11) is 0. The van der Waals surface area contributed by atoms with Crippen LogP contribution >= 0.6 is 0 Å². The Bertz CT molecular complexity index is 543. The lowest BCUT2D eigenvalue weighted by Crippen LogP contribution is -2.34. The molecule has 1 amide bonds. The van der Waals surface area contributed by atoms with Crippen molar-refractivity contribution in [3.05, 3.63) is 41.5 Å². The number of rotatable bonds is 3. The van der Waals surface area contributed by atoms with Crippen LogP contribution in [-0.4, -0.2) is 11.7 Å². The summed E-state index contributed by atoms with van der Waals surface area (Å²) in [6.07, 6.45) is 3.41. The van der Waals surface area contributed by atoms with E-state index in [-0.39, 0.29) is 23.5 Å². The van der Waals surface area contributed by atoms with Crippen molar-refractivity contribution in [3.63, 3.8) is 0 Å². The molecule has 1 aliphatic carbocycles. The second-order valence-corrected chi connectivity index (χ2v) is 5.67. The molecule has 2 atom stereocenters. The number of Topliss-reactive ketones (excluding diaryl/α,β-unsaturated/α-hetero) is 1. The molecular weight excluding hydrogens is 250 g/mol. The molecule has 1 aromatic rings. The molecule has 0 aliphatic heterocycles. The van der Waals surface area contributed by atoms with Gasteiger partial charge in [-0.25, -0.2) is 0 Å². The molecule has 1 aromatic carbocycles. The third kappa shape index (κ3) is 3.35. The maximum absolute atomic E-state index is 12.4. The molecule has 0 heterocycles. The van der Waals surface area contributed by atoms with Crippen molar-refractivity contribution in [2.45, 2.75) is 33.6 Å². The fourth-order valence-electron chi connectivity index (χ4n) is 2.66. The summed E-state index contributed by atoms with van der Waals surface area (Å²) in [6.45, 7) is 5.60. The first kappa shape index (κ1) is 14.5. The molecule has 0 spiro atoms. The van der Waals surface area contributed by atoms with Crippen LogP contribution in [0.2, 0.25) is 0 Å². The number of aryl methyl sites for hydroxylation is 1. The average molecular weight is 271 g/mol. The molecule has 20 heavy (non-hydrogen) atoms. The van der Waals surface area contributed by atoms with Crippen LogP contribution in [-0.2, 0) is 9.59 Å². The molecule has 3 heteroatoms. The van der Waals surface area contributed by atoms with Crippen LogP contribution < -0.4 is 5.32 Å². The van der Waals surface area contributed by atoms with E-state index in [2.05, 4.69) is 11.4 Å². The van der Waals surface area contributed by atoms with Gasteiger partial charge in [-0.3, -0.25) is 9.59 Å². The highest BCUT2D eigenvalue weighted by Gasteiger charge is 2.33. The van der Waals surface area contributed by atoms with Gasteiger partial charge in [-0.15, -0.1) is 0 Å². The number of benzene rings is 1. The van der Waals surface area contributed by atoms with Crippen molar-refractivity contribution < 1.29 is 9.59 Å². The highest BCUT2D eigenvalue weighted by molar-refractivity contribution is 5.96. The largest absolute Gasteiger partial charge is 0.326 e. The van der Waals surface area contributed by atoms with Crippen molar-refractivity contribution in [3.8, 4) is 0 Å². The Balaban J connectivity index is 2.12. The zero-order valence-corrected chi connectivity index (χ0v) is 12.3. The molecule has 0 fully saturated rings. The van der Waals surface area contributed by atoms with E-state index in [1.165, 1.54) is 5.57 Å². The summed E-state index contributed by atoms with van der Waals surface area (Å²) in [4.78, 5) is 24.1. The fraction of sp³-hybridized carbons (Fsp3) is 0.412. The molecule has 1 aliphatic rings. The first-order chi connectivity index (χ1) is 9.47. The van der Waals surface area contributed by atoms with Gasteiger partial charge in [0.25, 0.3) is 0 Å². The van der Waals surface area contributed by atoms with Gasteiger partial charge in [0.05, 0.1) is 5.92 Å². The fourth-order valence-corrected chi connectivity index (χ4v) is 2.66. The number of nitrogens with one attached hydrogen (secondary N) is 1. The van der Waals surface area contributed by atoms with Gasteiger partial charge in [0.15, 0.2) is 0 Å². The van der Waals surface area contributed by atoms with E-state index in [1.807, 2.05) is 38.1 Å². The summed E-state index contributed by atoms with van der Waals surface area (Å²) in [6, 6.07) is 7.71. The number of carbonyl (C=O) groups excluding carboxylic acids is 2. The third-order valence-electron chi connectivity index (χ3n) is 3.93. The van der Waals surface area contributed by atoms with Crippen molar-refractivity contribution in [2.75, 3.05) is 5.32 Å². The minimum absolute atomic E-state index is 0.0542. The van der Waals surface area contributed by atoms with Crippen LogP contribution in [0.4, 0.5) is 5.69 Å². The van der Waals surface area contributed by atoms with E-state index < -0.39 is 0 Å². The quantitative estimate of drug-likeness (QED) is 0.855. The Kier molecular flexibility index (Phi) is 4.38. The maximum atomic E-state index is 12.4. The number of hydrogen-bond donors (Lipinski definition) is 1. The van der Waals surface area contributed by atoms with Crippen molar-refractivity contribution in [1.29, 1.82) is 0 Å². The van der Waals surface area contributed by atoms with Crippen molar-refractivity contribution in [1.82, 2.24) is 0 Å². The summed E-state index contributed by atoms with van der Waals surface area (Å²) >= 11 is 0. The SMILES string of the molecule is CC(=O)C1CC=C(C)CC1C(=O)Nc1ccc(C)cc1. The lowest BCUT2D eigenvalue weighted by molar-refractivity contribution is -0.129. The minimum Gasteiger partial charge on any atom is -0.326 e. The van der Waals surface area contributed by atoms with E-state index in [1.54, 1.807) is 6.92 Å². The van der Waals surface area contributed by atoms with Gasteiger partial charge in [0.2, 0.25) is 5.91 Å². The predicted molar refractivity (Wildman–Crippen MR) is 80.5 cm³/mol. The number of allylic oxidation sites excluding steroid dienone is 2. The van der Waals surface area contributed by atoms with E-state index in [4.69, 9.17) is 0 Å². The smallest absolute Gasteiger partial charge is 0.228 e. The van der Waals surface area contributed by atoms with Gasteiger partial charge in [-0.2, -0.15) is 0 Å². The lowest BCUT2D eigenvalue weighted by Gasteiger charge is -2.27. The van der Waals surface area contributed by atoms with Crippen LogP contribution in [0.3, 0.4) is 0 Å². The third-order valence-corrected chi connectivity index (χ3v) is 3.93. The molecule has 0 radical (unpaired) electrons. The average Bonchev–Trinajstić information content (AvgIpc) is 2.41. The molecular formula is C17H21NO2. The number of hydrogen-bond acceptors (Lipinski definition) is 2. The van der Waals surface area contributed by atoms with Gasteiger partial charge in [0.1, 0.15) is 5.78 Å². The summed E-state index contributed by atoms with van der Waals surface area (Å²) < 4.78 is 0. The number of anilines is 1. The maximum Gasteiger partial charge on any atom is 0.228 e. The van der Waals surface area contributed by atoms with E-state index in [0.717, 1.165) is 11.3 Å². The van der Waals surface area contributed by atoms with Crippen LogP contribution in [0.25, 0.3) is 0 Å². The Morgan fingerprint density at radius 2 is 1.75 bits per heavy atom. The Hall–Kier alpha value is -1.90. The first-order valence-electron chi connectivity index (χ1n) is 7.01. The van der Waals surface area contributed by atoms with E-state index >= 15 is 0 Å². The van der Waals surface area contributed by atoms with Gasteiger partial charge in [-0.1, -0.05) is 29.3 Å². The standard InChI is InChI=1S/C17H21NO2/c1-11-4-7-14(8-5-11)18-17(20)16-10-12(2)6-9-15(16)13(3)19/h4-8,15-16H,9-10H2,1-3H3,(H,18,20). The molecule has 2 unspecified atom stereocenters. The predicted octanol–water partition coefficient (Wildman–Crippen LogP) is 3.50. The number of carbonyl (C=O) groups is 2. The minimum atomic E-state index is -0.251. The second kappa shape index (κ2) is 6.04. The number of ketones is 1. The zero-order valence-electron chi connectivity index (χ0n) is 12.3. The highest BCUT2D eigenvalue weighted by atomic mass is 16.2. The normalized spacial score (nSPS) is 22.1. The molecule has 0 saturated heterocycles. The van der Waals surface area contributed by atoms with Crippen molar-refractivity contribution in [2.24, 2.45) is 11.8 Å². The molecule has 1 N–H and O–H groups in total. The Labute approximate surface area is 120 Å². The molecule has 106 valence electrons. The van der Waals surface area contributed by atoms with Crippen molar-refractivity contribution >= 4 is 17.4 Å². The topological polar surface area (TPSA) is 46.2 Å². The van der Waals surface area contributed by atoms with Gasteiger partial charge < -0.3 is 5.32 Å². The Morgan fingerprint density at radius 3 is 2.35 bits per heavy atom. The monoisotopic (exact) mass is 271 g/mol. The molecule has 0 saturated carbocycles. The van der Waals surface area contributed by atoms with E-state index in [9.17, 15) is 9.59 Å². The molecule has 0 aromatic heterocycles. The van der Waals surface area contributed by atoms with Crippen LogP contribution in [0, 0.1) is 18.8 Å². The van der Waals surface area contributed by atoms with Crippen LogP contribution in [0.15, 0.2) is 35.9 Å². The molecule has 2 rings (SSSR count). The van der Waals surface area contributed by atoms with Crippen LogP contribution in [0.1, 0.15) is 32.3 Å². The van der Waals surface area contributed by atoms with Gasteiger partial charge in [0, 0.05) is 11.6 Å². The molecule has 3 nitrogen and oxygen atoms in total. The summed E-state index contributed by atoms with van der Waals surface area (Å²) in [5.41, 5.74) is 3.13. The Morgan fingerprint density at radius 1 is 1.10 bits per heavy atom. The summed E-state index contributed by atoms with van der Waals surface area (Å²) in [5, 5.41) is 2.93. The zero-order chi connectivity index (χ0) is 14.7. The highest BCUT2D eigenvalue weighted by Crippen LogP contribution is 2.31. The first-order valence-corrected chi connectivity index (χ1v) is 7.01. The lowest BCUT2D eigenvalue weighted by atomic mass is 9.77.